The molecule has 82 valence electrons. The average Bonchev–Trinajstić information content (AvgIpc) is 2.25. The van der Waals surface area contributed by atoms with Gasteiger partial charge in [0, 0.05) is 0 Å². The van der Waals surface area contributed by atoms with E-state index in [1.165, 1.54) is 0 Å². The molecule has 1 atom stereocenters. The SMILES string of the molecule is CCC(Oc1ccccc1OC)C(=N)N. The van der Waals surface area contributed by atoms with E-state index in [1.807, 2.05) is 25.1 Å². The van der Waals surface area contributed by atoms with Crippen molar-refractivity contribution in [1.82, 2.24) is 0 Å². The van der Waals surface area contributed by atoms with Crippen LogP contribution in [0.4, 0.5) is 0 Å². The Morgan fingerprint density at radius 2 is 2.00 bits per heavy atom. The monoisotopic (exact) mass is 208 g/mol. The van der Waals surface area contributed by atoms with Crippen molar-refractivity contribution in [3.8, 4) is 11.5 Å². The lowest BCUT2D eigenvalue weighted by Crippen LogP contribution is -2.32. The lowest BCUT2D eigenvalue weighted by atomic mass is 10.2. The van der Waals surface area contributed by atoms with Crippen LogP contribution in [-0.2, 0) is 0 Å². The van der Waals surface area contributed by atoms with Crippen LogP contribution in [0.1, 0.15) is 13.3 Å². The molecule has 0 saturated heterocycles. The molecule has 4 nitrogen and oxygen atoms in total. The molecule has 0 heterocycles. The van der Waals surface area contributed by atoms with E-state index in [2.05, 4.69) is 0 Å². The molecule has 0 amide bonds. The van der Waals surface area contributed by atoms with Crippen molar-refractivity contribution in [3.63, 3.8) is 0 Å². The first-order valence-electron chi connectivity index (χ1n) is 4.82. The number of amidine groups is 1. The molecule has 4 heteroatoms. The van der Waals surface area contributed by atoms with Crippen LogP contribution < -0.4 is 15.2 Å². The number of hydrogen-bond acceptors (Lipinski definition) is 3. The number of hydrogen-bond donors (Lipinski definition) is 2. The van der Waals surface area contributed by atoms with E-state index < -0.39 is 0 Å². The molecule has 0 aliphatic rings. The summed E-state index contributed by atoms with van der Waals surface area (Å²) < 4.78 is 10.7. The maximum absolute atomic E-state index is 7.34. The predicted octanol–water partition coefficient (Wildman–Crippen LogP) is 1.79. The first-order chi connectivity index (χ1) is 7.19. The Hall–Kier alpha value is -1.71. The molecule has 0 aliphatic heterocycles. The maximum Gasteiger partial charge on any atom is 0.162 e. The van der Waals surface area contributed by atoms with Gasteiger partial charge in [-0.05, 0) is 18.6 Å². The Balaban J connectivity index is 2.82. The zero-order valence-corrected chi connectivity index (χ0v) is 8.99. The minimum atomic E-state index is -0.388. The molecule has 0 bridgehead atoms. The van der Waals surface area contributed by atoms with Crippen LogP contribution in [0.3, 0.4) is 0 Å². The van der Waals surface area contributed by atoms with Gasteiger partial charge in [0.1, 0.15) is 5.84 Å². The van der Waals surface area contributed by atoms with E-state index in [1.54, 1.807) is 13.2 Å². The van der Waals surface area contributed by atoms with Gasteiger partial charge < -0.3 is 15.2 Å². The van der Waals surface area contributed by atoms with Gasteiger partial charge in [-0.15, -0.1) is 0 Å². The van der Waals surface area contributed by atoms with Gasteiger partial charge in [0.25, 0.3) is 0 Å². The summed E-state index contributed by atoms with van der Waals surface area (Å²) >= 11 is 0. The lowest BCUT2D eigenvalue weighted by Gasteiger charge is -2.17. The molecule has 1 rings (SSSR count). The summed E-state index contributed by atoms with van der Waals surface area (Å²) in [5, 5.41) is 7.34. The van der Waals surface area contributed by atoms with Crippen LogP contribution >= 0.6 is 0 Å². The average molecular weight is 208 g/mol. The summed E-state index contributed by atoms with van der Waals surface area (Å²) in [7, 11) is 1.58. The van der Waals surface area contributed by atoms with E-state index >= 15 is 0 Å². The van der Waals surface area contributed by atoms with Crippen LogP contribution in [0.25, 0.3) is 0 Å². The first kappa shape index (κ1) is 11.4. The van der Waals surface area contributed by atoms with E-state index in [4.69, 9.17) is 20.6 Å². The van der Waals surface area contributed by atoms with E-state index in [0.29, 0.717) is 17.9 Å². The van der Waals surface area contributed by atoms with Crippen molar-refractivity contribution in [2.24, 2.45) is 5.73 Å². The van der Waals surface area contributed by atoms with Crippen LogP contribution in [-0.4, -0.2) is 19.0 Å². The molecule has 0 aliphatic carbocycles. The van der Waals surface area contributed by atoms with Gasteiger partial charge in [-0.1, -0.05) is 19.1 Å². The second-order valence-electron chi connectivity index (χ2n) is 3.12. The largest absolute Gasteiger partial charge is 0.493 e. The van der Waals surface area contributed by atoms with Crippen molar-refractivity contribution in [2.75, 3.05) is 7.11 Å². The smallest absolute Gasteiger partial charge is 0.162 e. The molecular formula is C11H16N2O2. The fourth-order valence-electron chi connectivity index (χ4n) is 1.24. The van der Waals surface area contributed by atoms with Crippen molar-refractivity contribution in [2.45, 2.75) is 19.4 Å². The van der Waals surface area contributed by atoms with Gasteiger partial charge in [0.05, 0.1) is 7.11 Å². The summed E-state index contributed by atoms with van der Waals surface area (Å²) in [6, 6.07) is 7.32. The number of nitrogens with one attached hydrogen (secondary N) is 1. The van der Waals surface area contributed by atoms with Gasteiger partial charge in [-0.3, -0.25) is 5.41 Å². The number of para-hydroxylation sites is 2. The lowest BCUT2D eigenvalue weighted by molar-refractivity contribution is 0.246. The number of benzene rings is 1. The van der Waals surface area contributed by atoms with Crippen LogP contribution in [0.2, 0.25) is 0 Å². The van der Waals surface area contributed by atoms with Gasteiger partial charge in [-0.2, -0.15) is 0 Å². The zero-order chi connectivity index (χ0) is 11.3. The number of ether oxygens (including phenoxy) is 2. The molecule has 0 aromatic heterocycles. The Labute approximate surface area is 89.5 Å². The van der Waals surface area contributed by atoms with Crippen LogP contribution in [0, 0.1) is 5.41 Å². The molecule has 0 spiro atoms. The van der Waals surface area contributed by atoms with Crippen molar-refractivity contribution in [1.29, 1.82) is 5.41 Å². The predicted molar refractivity (Wildman–Crippen MR) is 59.6 cm³/mol. The summed E-state index contributed by atoms with van der Waals surface area (Å²) in [6.07, 6.45) is 0.272. The first-order valence-corrected chi connectivity index (χ1v) is 4.82. The summed E-state index contributed by atoms with van der Waals surface area (Å²) in [5.41, 5.74) is 5.40. The molecule has 1 unspecified atom stereocenters. The molecule has 1 aromatic carbocycles. The number of nitrogens with two attached hydrogens (primary N) is 1. The summed E-state index contributed by atoms with van der Waals surface area (Å²) in [4.78, 5) is 0. The third kappa shape index (κ3) is 2.87. The third-order valence-corrected chi connectivity index (χ3v) is 2.06. The van der Waals surface area contributed by atoms with Gasteiger partial charge in [-0.25, -0.2) is 0 Å². The minimum absolute atomic E-state index is 0.0309. The van der Waals surface area contributed by atoms with Crippen LogP contribution in [0.15, 0.2) is 24.3 Å². The molecule has 0 fully saturated rings. The van der Waals surface area contributed by atoms with Crippen molar-refractivity contribution >= 4 is 5.84 Å². The van der Waals surface area contributed by atoms with Crippen molar-refractivity contribution < 1.29 is 9.47 Å². The van der Waals surface area contributed by atoms with E-state index in [9.17, 15) is 0 Å². The number of methoxy groups -OCH3 is 1. The second-order valence-corrected chi connectivity index (χ2v) is 3.12. The van der Waals surface area contributed by atoms with Gasteiger partial charge in [0.2, 0.25) is 0 Å². The molecule has 15 heavy (non-hydrogen) atoms. The quantitative estimate of drug-likeness (QED) is 0.572. The standard InChI is InChI=1S/C11H16N2O2/c1-3-8(11(12)13)15-10-7-5-4-6-9(10)14-2/h4-8H,3H2,1-2H3,(H3,12,13). The summed E-state index contributed by atoms with van der Waals surface area (Å²) in [5.74, 6) is 1.29. The van der Waals surface area contributed by atoms with E-state index in [0.717, 1.165) is 0 Å². The molecule has 3 N–H and O–H groups in total. The topological polar surface area (TPSA) is 68.3 Å². The molecule has 0 radical (unpaired) electrons. The highest BCUT2D eigenvalue weighted by atomic mass is 16.5. The maximum atomic E-state index is 7.34. The Kier molecular flexibility index (Phi) is 3.97. The second kappa shape index (κ2) is 5.24. The Bertz CT molecular complexity index is 339. The minimum Gasteiger partial charge on any atom is -0.493 e. The highest BCUT2D eigenvalue weighted by Crippen LogP contribution is 2.27. The fourth-order valence-corrected chi connectivity index (χ4v) is 1.24. The highest BCUT2D eigenvalue weighted by Gasteiger charge is 2.13. The van der Waals surface area contributed by atoms with E-state index in [-0.39, 0.29) is 11.9 Å². The molecule has 1 aromatic rings. The van der Waals surface area contributed by atoms with Crippen LogP contribution in [0.5, 0.6) is 11.5 Å². The van der Waals surface area contributed by atoms with Gasteiger partial charge >= 0.3 is 0 Å². The molecular weight excluding hydrogens is 192 g/mol. The van der Waals surface area contributed by atoms with Crippen molar-refractivity contribution in [3.05, 3.63) is 24.3 Å². The molecule has 0 saturated carbocycles. The Morgan fingerprint density at radius 3 is 2.47 bits per heavy atom. The zero-order valence-electron chi connectivity index (χ0n) is 8.99. The van der Waals surface area contributed by atoms with Gasteiger partial charge in [0.15, 0.2) is 17.6 Å². The highest BCUT2D eigenvalue weighted by molar-refractivity contribution is 5.82. The fraction of sp³-hybridized carbons (Fsp3) is 0.364. The third-order valence-electron chi connectivity index (χ3n) is 2.06. The Morgan fingerprint density at radius 1 is 1.40 bits per heavy atom. The summed E-state index contributed by atoms with van der Waals surface area (Å²) in [6.45, 7) is 1.92. The normalized spacial score (nSPS) is 11.9. The number of rotatable bonds is 5.